The zero-order chi connectivity index (χ0) is 13.9. The highest BCUT2D eigenvalue weighted by Gasteiger charge is 2.22. The van der Waals surface area contributed by atoms with E-state index in [-0.39, 0.29) is 0 Å². The average molecular weight is 338 g/mol. The van der Waals surface area contributed by atoms with Gasteiger partial charge in [0, 0.05) is 29.0 Å². The minimum atomic E-state index is 0.685. The second-order valence-corrected chi connectivity index (χ2v) is 7.09. The molecule has 0 bridgehead atoms. The maximum Gasteiger partial charge on any atom is 0.127 e. The summed E-state index contributed by atoms with van der Waals surface area (Å²) in [5.74, 6) is 2.05. The molecule has 1 fully saturated rings. The molecule has 1 aromatic carbocycles. The van der Waals surface area contributed by atoms with E-state index in [0.717, 1.165) is 31.2 Å². The third-order valence-corrected chi connectivity index (χ3v) is 5.22. The van der Waals surface area contributed by atoms with E-state index >= 15 is 0 Å². The van der Waals surface area contributed by atoms with E-state index in [1.54, 1.807) is 0 Å². The molecule has 0 spiro atoms. The molecule has 1 N–H and O–H groups in total. The molecule has 110 valence electrons. The lowest BCUT2D eigenvalue weighted by Crippen LogP contribution is -2.33. The minimum absolute atomic E-state index is 0.685. The lowest BCUT2D eigenvalue weighted by molar-refractivity contribution is 0.277. The van der Waals surface area contributed by atoms with E-state index in [9.17, 15) is 0 Å². The number of rotatable bonds is 4. The molecule has 1 aromatic rings. The Balaban J connectivity index is 1.64. The Morgan fingerprint density at radius 1 is 1.35 bits per heavy atom. The Labute approximate surface area is 130 Å². The molecule has 3 heteroatoms. The van der Waals surface area contributed by atoms with E-state index in [1.807, 2.05) is 0 Å². The van der Waals surface area contributed by atoms with Crippen molar-refractivity contribution in [1.82, 2.24) is 5.32 Å². The van der Waals surface area contributed by atoms with Gasteiger partial charge in [0.1, 0.15) is 5.75 Å². The van der Waals surface area contributed by atoms with Gasteiger partial charge in [0.05, 0.1) is 6.61 Å². The molecule has 2 atom stereocenters. The predicted molar refractivity (Wildman–Crippen MR) is 86.2 cm³/mol. The molecule has 0 amide bonds. The highest BCUT2D eigenvalue weighted by atomic mass is 79.9. The number of ether oxygens (including phenoxy) is 1. The second kappa shape index (κ2) is 6.48. The first kappa shape index (κ1) is 14.4. The van der Waals surface area contributed by atoms with Gasteiger partial charge in [-0.2, -0.15) is 0 Å². The van der Waals surface area contributed by atoms with Gasteiger partial charge in [-0.3, -0.25) is 0 Å². The molecule has 0 radical (unpaired) electrons. The molecule has 1 heterocycles. The molecular weight excluding hydrogens is 314 g/mol. The number of halogens is 1. The summed E-state index contributed by atoms with van der Waals surface area (Å²) in [7, 11) is 0. The SMILES string of the molecule is CCC1CCCC(NCc2cc(Br)cc3c2OCC3)C1. The summed E-state index contributed by atoms with van der Waals surface area (Å²) in [6.07, 6.45) is 7.84. The smallest absolute Gasteiger partial charge is 0.127 e. The van der Waals surface area contributed by atoms with Crippen molar-refractivity contribution in [2.75, 3.05) is 6.61 Å². The van der Waals surface area contributed by atoms with Crippen molar-refractivity contribution in [3.8, 4) is 5.75 Å². The Bertz CT molecular complexity index is 474. The van der Waals surface area contributed by atoms with Crippen LogP contribution >= 0.6 is 15.9 Å². The van der Waals surface area contributed by atoms with Gasteiger partial charge in [-0.15, -0.1) is 0 Å². The number of hydrogen-bond acceptors (Lipinski definition) is 2. The van der Waals surface area contributed by atoms with Crippen molar-refractivity contribution in [1.29, 1.82) is 0 Å². The van der Waals surface area contributed by atoms with E-state index in [1.165, 1.54) is 47.7 Å². The third-order valence-electron chi connectivity index (χ3n) is 4.77. The normalized spacial score (nSPS) is 25.3. The molecule has 0 aromatic heterocycles. The zero-order valence-electron chi connectivity index (χ0n) is 12.3. The number of fused-ring (bicyclic) bond motifs is 1. The number of nitrogens with one attached hydrogen (secondary N) is 1. The molecule has 1 aliphatic heterocycles. The maximum absolute atomic E-state index is 5.81. The highest BCUT2D eigenvalue weighted by Crippen LogP contribution is 2.33. The van der Waals surface area contributed by atoms with Crippen LogP contribution < -0.4 is 10.1 Å². The molecule has 2 nitrogen and oxygen atoms in total. The van der Waals surface area contributed by atoms with Crippen LogP contribution in [0.1, 0.15) is 50.2 Å². The Hall–Kier alpha value is -0.540. The van der Waals surface area contributed by atoms with Crippen LogP contribution in [-0.2, 0) is 13.0 Å². The molecule has 20 heavy (non-hydrogen) atoms. The van der Waals surface area contributed by atoms with Crippen LogP contribution in [0.5, 0.6) is 5.75 Å². The average Bonchev–Trinajstić information content (AvgIpc) is 2.93. The van der Waals surface area contributed by atoms with Gasteiger partial charge in [0.15, 0.2) is 0 Å². The van der Waals surface area contributed by atoms with Crippen molar-refractivity contribution < 1.29 is 4.74 Å². The van der Waals surface area contributed by atoms with Gasteiger partial charge in [-0.25, -0.2) is 0 Å². The zero-order valence-corrected chi connectivity index (χ0v) is 13.8. The maximum atomic E-state index is 5.81. The standard InChI is InChI=1S/C17H24BrNO/c1-2-12-4-3-5-16(8-12)19-11-14-10-15(18)9-13-6-7-20-17(13)14/h9-10,12,16,19H,2-8,11H2,1H3. The van der Waals surface area contributed by atoms with Crippen molar-refractivity contribution in [3.05, 3.63) is 27.7 Å². The van der Waals surface area contributed by atoms with Crippen LogP contribution in [-0.4, -0.2) is 12.6 Å². The van der Waals surface area contributed by atoms with E-state index < -0.39 is 0 Å². The lowest BCUT2D eigenvalue weighted by Gasteiger charge is -2.29. The van der Waals surface area contributed by atoms with Crippen LogP contribution in [0.2, 0.25) is 0 Å². The Kier molecular flexibility index (Phi) is 4.67. The highest BCUT2D eigenvalue weighted by molar-refractivity contribution is 9.10. The first-order chi connectivity index (χ1) is 9.76. The number of benzene rings is 1. The fourth-order valence-corrected chi connectivity index (χ4v) is 4.13. The summed E-state index contributed by atoms with van der Waals surface area (Å²) >= 11 is 3.62. The van der Waals surface area contributed by atoms with Gasteiger partial charge in [-0.05, 0) is 36.5 Å². The van der Waals surface area contributed by atoms with Gasteiger partial charge in [-0.1, -0.05) is 42.1 Å². The van der Waals surface area contributed by atoms with Crippen molar-refractivity contribution in [3.63, 3.8) is 0 Å². The topological polar surface area (TPSA) is 21.3 Å². The van der Waals surface area contributed by atoms with Crippen molar-refractivity contribution in [2.45, 2.75) is 58.0 Å². The number of hydrogen-bond donors (Lipinski definition) is 1. The van der Waals surface area contributed by atoms with Gasteiger partial charge in [0.25, 0.3) is 0 Å². The van der Waals surface area contributed by atoms with Crippen LogP contribution in [0, 0.1) is 5.92 Å². The Morgan fingerprint density at radius 2 is 2.25 bits per heavy atom. The molecule has 2 unspecified atom stereocenters. The van der Waals surface area contributed by atoms with Gasteiger partial charge < -0.3 is 10.1 Å². The predicted octanol–water partition coefficient (Wildman–Crippen LogP) is 4.44. The molecule has 0 saturated heterocycles. The largest absolute Gasteiger partial charge is 0.493 e. The van der Waals surface area contributed by atoms with Crippen LogP contribution in [0.3, 0.4) is 0 Å². The fourth-order valence-electron chi connectivity index (χ4n) is 3.58. The summed E-state index contributed by atoms with van der Waals surface area (Å²) in [6.45, 7) is 4.09. The molecule has 3 rings (SSSR count). The summed E-state index contributed by atoms with van der Waals surface area (Å²) in [4.78, 5) is 0. The van der Waals surface area contributed by atoms with Crippen LogP contribution in [0.25, 0.3) is 0 Å². The lowest BCUT2D eigenvalue weighted by atomic mass is 9.84. The fraction of sp³-hybridized carbons (Fsp3) is 0.647. The van der Waals surface area contributed by atoms with Gasteiger partial charge >= 0.3 is 0 Å². The van der Waals surface area contributed by atoms with Crippen LogP contribution in [0.4, 0.5) is 0 Å². The van der Waals surface area contributed by atoms with Crippen molar-refractivity contribution >= 4 is 15.9 Å². The summed E-state index contributed by atoms with van der Waals surface area (Å²) in [5.41, 5.74) is 2.66. The Morgan fingerprint density at radius 3 is 3.10 bits per heavy atom. The van der Waals surface area contributed by atoms with Gasteiger partial charge in [0.2, 0.25) is 0 Å². The third kappa shape index (κ3) is 3.20. The molecular formula is C17H24BrNO. The second-order valence-electron chi connectivity index (χ2n) is 6.17. The van der Waals surface area contributed by atoms with Crippen LogP contribution in [0.15, 0.2) is 16.6 Å². The van der Waals surface area contributed by atoms with Crippen molar-refractivity contribution in [2.24, 2.45) is 5.92 Å². The summed E-state index contributed by atoms with van der Waals surface area (Å²) in [5, 5.41) is 3.76. The minimum Gasteiger partial charge on any atom is -0.493 e. The van der Waals surface area contributed by atoms with E-state index in [0.29, 0.717) is 6.04 Å². The molecule has 2 aliphatic rings. The first-order valence-corrected chi connectivity index (χ1v) is 8.73. The van der Waals surface area contributed by atoms with E-state index in [4.69, 9.17) is 4.74 Å². The summed E-state index contributed by atoms with van der Waals surface area (Å²) < 4.78 is 6.98. The first-order valence-electron chi connectivity index (χ1n) is 7.93. The quantitative estimate of drug-likeness (QED) is 0.876. The monoisotopic (exact) mass is 337 g/mol. The molecule has 1 aliphatic carbocycles. The van der Waals surface area contributed by atoms with E-state index in [2.05, 4.69) is 40.3 Å². The summed E-state index contributed by atoms with van der Waals surface area (Å²) in [6, 6.07) is 5.08. The molecule has 1 saturated carbocycles.